The van der Waals surface area contributed by atoms with E-state index in [1.165, 1.54) is 5.56 Å². The van der Waals surface area contributed by atoms with Gasteiger partial charge < -0.3 is 4.74 Å². The number of benzene rings is 1. The van der Waals surface area contributed by atoms with Crippen LogP contribution in [0.15, 0.2) is 24.3 Å². The lowest BCUT2D eigenvalue weighted by Crippen LogP contribution is -2.38. The maximum atomic E-state index is 11.3. The second-order valence-corrected chi connectivity index (χ2v) is 4.09. The van der Waals surface area contributed by atoms with E-state index in [1.54, 1.807) is 19.1 Å². The van der Waals surface area contributed by atoms with E-state index in [9.17, 15) is 4.79 Å². The molecule has 1 aromatic carbocycles. The summed E-state index contributed by atoms with van der Waals surface area (Å²) in [7, 11) is 3.53. The fourth-order valence-corrected chi connectivity index (χ4v) is 1.41. The van der Waals surface area contributed by atoms with E-state index in [0.29, 0.717) is 6.61 Å². The number of carbonyl (C=O) groups is 1. The number of amides is 1. The van der Waals surface area contributed by atoms with Crippen LogP contribution < -0.4 is 5.43 Å². The Morgan fingerprint density at radius 3 is 2.35 bits per heavy atom. The number of hydrogen-bond acceptors (Lipinski definition) is 3. The van der Waals surface area contributed by atoms with E-state index >= 15 is 0 Å². The Hall–Kier alpha value is -1.39. The van der Waals surface area contributed by atoms with E-state index in [4.69, 9.17) is 4.74 Å². The van der Waals surface area contributed by atoms with Crippen LogP contribution in [0.1, 0.15) is 18.1 Å². The summed E-state index contributed by atoms with van der Waals surface area (Å²) < 4.78 is 5.32. The molecule has 0 unspecified atom stereocenters. The predicted octanol–water partition coefficient (Wildman–Crippen LogP) is 1.36. The zero-order valence-electron chi connectivity index (χ0n) is 10.7. The van der Waals surface area contributed by atoms with Gasteiger partial charge >= 0.3 is 0 Å². The van der Waals surface area contributed by atoms with E-state index in [1.807, 2.05) is 12.1 Å². The highest BCUT2D eigenvalue weighted by Gasteiger charge is 2.02. The molecule has 0 fully saturated rings. The molecule has 0 aliphatic carbocycles. The molecule has 4 heteroatoms. The summed E-state index contributed by atoms with van der Waals surface area (Å²) in [5.41, 5.74) is 5.00. The first kappa shape index (κ1) is 13.7. The van der Waals surface area contributed by atoms with E-state index in [0.717, 1.165) is 12.0 Å². The van der Waals surface area contributed by atoms with Crippen molar-refractivity contribution in [2.75, 3.05) is 20.7 Å². The molecule has 1 rings (SSSR count). The van der Waals surface area contributed by atoms with Crippen LogP contribution in [0.4, 0.5) is 0 Å². The molecule has 1 amide bonds. The standard InChI is InChI=1S/C13H20N2O2/c1-4-11-5-7-12(8-6-11)9-17-10-13(16)14-15(2)3/h5-8H,4,9-10H2,1-3H3,(H,14,16). The van der Waals surface area contributed by atoms with Gasteiger partial charge in [-0.25, -0.2) is 5.01 Å². The molecule has 1 aromatic rings. The van der Waals surface area contributed by atoms with Crippen molar-refractivity contribution in [1.29, 1.82) is 0 Å². The van der Waals surface area contributed by atoms with Crippen molar-refractivity contribution in [2.45, 2.75) is 20.0 Å². The van der Waals surface area contributed by atoms with Gasteiger partial charge in [0.2, 0.25) is 0 Å². The van der Waals surface area contributed by atoms with Crippen LogP contribution in [0.25, 0.3) is 0 Å². The molecule has 17 heavy (non-hydrogen) atoms. The van der Waals surface area contributed by atoms with Crippen molar-refractivity contribution in [3.63, 3.8) is 0 Å². The third-order valence-electron chi connectivity index (χ3n) is 2.28. The van der Waals surface area contributed by atoms with E-state index in [2.05, 4.69) is 24.5 Å². The lowest BCUT2D eigenvalue weighted by molar-refractivity contribution is -0.129. The molecule has 0 saturated carbocycles. The second-order valence-electron chi connectivity index (χ2n) is 4.09. The highest BCUT2D eigenvalue weighted by molar-refractivity contribution is 5.76. The molecule has 0 aliphatic heterocycles. The average molecular weight is 236 g/mol. The third-order valence-corrected chi connectivity index (χ3v) is 2.28. The topological polar surface area (TPSA) is 41.6 Å². The molecule has 0 aromatic heterocycles. The van der Waals surface area contributed by atoms with Crippen LogP contribution in [-0.2, 0) is 22.6 Å². The van der Waals surface area contributed by atoms with Crippen LogP contribution in [0.2, 0.25) is 0 Å². The van der Waals surface area contributed by atoms with Crippen LogP contribution in [0, 0.1) is 0 Å². The molecule has 0 aliphatic rings. The molecule has 94 valence electrons. The molecular formula is C13H20N2O2. The van der Waals surface area contributed by atoms with Crippen molar-refractivity contribution in [2.24, 2.45) is 0 Å². The molecular weight excluding hydrogens is 216 g/mol. The first-order valence-electron chi connectivity index (χ1n) is 5.74. The van der Waals surface area contributed by atoms with Gasteiger partial charge in [-0.1, -0.05) is 31.2 Å². The van der Waals surface area contributed by atoms with Crippen molar-refractivity contribution in [3.05, 3.63) is 35.4 Å². The summed E-state index contributed by atoms with van der Waals surface area (Å²) >= 11 is 0. The Morgan fingerprint density at radius 1 is 1.24 bits per heavy atom. The van der Waals surface area contributed by atoms with Crippen LogP contribution in [0.3, 0.4) is 0 Å². The smallest absolute Gasteiger partial charge is 0.260 e. The highest BCUT2D eigenvalue weighted by Crippen LogP contribution is 2.06. The number of nitrogens with zero attached hydrogens (tertiary/aromatic N) is 1. The van der Waals surface area contributed by atoms with Gasteiger partial charge in [-0.05, 0) is 17.5 Å². The van der Waals surface area contributed by atoms with Gasteiger partial charge in [0.15, 0.2) is 0 Å². The predicted molar refractivity (Wildman–Crippen MR) is 67.3 cm³/mol. The quantitative estimate of drug-likeness (QED) is 0.758. The van der Waals surface area contributed by atoms with E-state index < -0.39 is 0 Å². The van der Waals surface area contributed by atoms with Crippen molar-refractivity contribution >= 4 is 5.91 Å². The summed E-state index contributed by atoms with van der Waals surface area (Å²) in [6.45, 7) is 2.66. The molecule has 0 bridgehead atoms. The Morgan fingerprint density at radius 2 is 1.82 bits per heavy atom. The summed E-state index contributed by atoms with van der Waals surface area (Å²) in [6.07, 6.45) is 1.03. The maximum absolute atomic E-state index is 11.3. The third kappa shape index (κ3) is 5.47. The zero-order valence-corrected chi connectivity index (χ0v) is 10.7. The number of rotatable bonds is 6. The number of ether oxygens (including phenoxy) is 1. The summed E-state index contributed by atoms with van der Waals surface area (Å²) in [4.78, 5) is 11.3. The fourth-order valence-electron chi connectivity index (χ4n) is 1.41. The minimum atomic E-state index is -0.139. The molecule has 4 nitrogen and oxygen atoms in total. The minimum Gasteiger partial charge on any atom is -0.367 e. The Labute approximate surface area is 103 Å². The first-order chi connectivity index (χ1) is 8.11. The van der Waals surface area contributed by atoms with Gasteiger partial charge in [-0.15, -0.1) is 0 Å². The maximum Gasteiger partial charge on any atom is 0.260 e. The van der Waals surface area contributed by atoms with Gasteiger partial charge in [0.25, 0.3) is 5.91 Å². The SMILES string of the molecule is CCc1ccc(COCC(=O)NN(C)C)cc1. The van der Waals surface area contributed by atoms with Gasteiger partial charge in [0.1, 0.15) is 6.61 Å². The van der Waals surface area contributed by atoms with Crippen molar-refractivity contribution in [1.82, 2.24) is 10.4 Å². The molecule has 0 atom stereocenters. The number of carbonyl (C=O) groups excluding carboxylic acids is 1. The Balaban J connectivity index is 2.28. The summed E-state index contributed by atoms with van der Waals surface area (Å²) in [5.74, 6) is -0.139. The molecule has 0 saturated heterocycles. The van der Waals surface area contributed by atoms with Crippen molar-refractivity contribution < 1.29 is 9.53 Å². The van der Waals surface area contributed by atoms with Gasteiger partial charge in [0.05, 0.1) is 6.61 Å². The number of hydrazine groups is 1. The van der Waals surface area contributed by atoms with Gasteiger partial charge in [-0.2, -0.15) is 0 Å². The highest BCUT2D eigenvalue weighted by atomic mass is 16.5. The van der Waals surface area contributed by atoms with Crippen LogP contribution in [-0.4, -0.2) is 31.6 Å². The molecule has 0 spiro atoms. The normalized spacial score (nSPS) is 10.6. The second kappa shape index (κ2) is 7.04. The number of hydrogen-bond donors (Lipinski definition) is 1. The van der Waals surface area contributed by atoms with Crippen LogP contribution >= 0.6 is 0 Å². The van der Waals surface area contributed by atoms with Crippen LogP contribution in [0.5, 0.6) is 0 Å². The molecule has 1 N–H and O–H groups in total. The first-order valence-corrected chi connectivity index (χ1v) is 5.74. The Kier molecular flexibility index (Phi) is 5.66. The number of nitrogens with one attached hydrogen (secondary N) is 1. The monoisotopic (exact) mass is 236 g/mol. The zero-order chi connectivity index (χ0) is 12.7. The molecule has 0 radical (unpaired) electrons. The summed E-state index contributed by atoms with van der Waals surface area (Å²) in [6, 6.07) is 8.22. The molecule has 0 heterocycles. The Bertz CT molecular complexity index is 347. The van der Waals surface area contributed by atoms with Gasteiger partial charge in [0, 0.05) is 14.1 Å². The van der Waals surface area contributed by atoms with Gasteiger partial charge in [-0.3, -0.25) is 10.2 Å². The minimum absolute atomic E-state index is 0.0771. The largest absolute Gasteiger partial charge is 0.367 e. The average Bonchev–Trinajstić information content (AvgIpc) is 2.29. The summed E-state index contributed by atoms with van der Waals surface area (Å²) in [5, 5.41) is 1.60. The number of aryl methyl sites for hydroxylation is 1. The van der Waals surface area contributed by atoms with Crippen molar-refractivity contribution in [3.8, 4) is 0 Å². The fraction of sp³-hybridized carbons (Fsp3) is 0.462. The lowest BCUT2D eigenvalue weighted by Gasteiger charge is -2.11. The lowest BCUT2D eigenvalue weighted by atomic mass is 10.1. The van der Waals surface area contributed by atoms with E-state index in [-0.39, 0.29) is 12.5 Å².